The Labute approximate surface area is 142 Å². The van der Waals surface area contributed by atoms with Crippen molar-refractivity contribution in [2.24, 2.45) is 0 Å². The van der Waals surface area contributed by atoms with Crippen LogP contribution in [0.3, 0.4) is 0 Å². The summed E-state index contributed by atoms with van der Waals surface area (Å²) >= 11 is 0. The van der Waals surface area contributed by atoms with Crippen LogP contribution < -0.4 is 0 Å². The molecule has 0 unspecified atom stereocenters. The van der Waals surface area contributed by atoms with Crippen molar-refractivity contribution >= 4 is 11.9 Å². The highest BCUT2D eigenvalue weighted by molar-refractivity contribution is 5.94. The van der Waals surface area contributed by atoms with Crippen molar-refractivity contribution < 1.29 is 14.3 Å². The van der Waals surface area contributed by atoms with Crippen LogP contribution in [0.25, 0.3) is 0 Å². The van der Waals surface area contributed by atoms with E-state index >= 15 is 0 Å². The Morgan fingerprint density at radius 3 is 2.38 bits per heavy atom. The summed E-state index contributed by atoms with van der Waals surface area (Å²) in [5.41, 5.74) is 2.74. The van der Waals surface area contributed by atoms with Crippen molar-refractivity contribution in [1.29, 1.82) is 0 Å². The number of pyridine rings is 1. The van der Waals surface area contributed by atoms with E-state index in [1.165, 1.54) is 0 Å². The van der Waals surface area contributed by atoms with Crippen LogP contribution in [0, 0.1) is 6.92 Å². The van der Waals surface area contributed by atoms with Gasteiger partial charge in [0, 0.05) is 31.0 Å². The number of hydrogen-bond acceptors (Lipinski definition) is 4. The van der Waals surface area contributed by atoms with Gasteiger partial charge in [-0.3, -0.25) is 14.6 Å². The van der Waals surface area contributed by atoms with E-state index < -0.39 is 0 Å². The van der Waals surface area contributed by atoms with Crippen LogP contribution in [0.15, 0.2) is 48.8 Å². The molecule has 2 aromatic rings. The lowest BCUT2D eigenvalue weighted by atomic mass is 10.1. The number of esters is 1. The lowest BCUT2D eigenvalue weighted by Gasteiger charge is -2.22. The van der Waals surface area contributed by atoms with Crippen molar-refractivity contribution in [1.82, 2.24) is 9.88 Å². The Morgan fingerprint density at radius 2 is 1.75 bits per heavy atom. The van der Waals surface area contributed by atoms with Crippen molar-refractivity contribution in [2.45, 2.75) is 26.8 Å². The van der Waals surface area contributed by atoms with Crippen molar-refractivity contribution in [3.05, 3.63) is 65.5 Å². The Bertz CT molecular complexity index is 669. The summed E-state index contributed by atoms with van der Waals surface area (Å²) in [7, 11) is 0. The molecule has 0 aliphatic carbocycles. The highest BCUT2D eigenvalue weighted by Gasteiger charge is 2.17. The van der Waals surface area contributed by atoms with Gasteiger partial charge < -0.3 is 9.64 Å². The summed E-state index contributed by atoms with van der Waals surface area (Å²) in [6, 6.07) is 11.4. The molecule has 0 N–H and O–H groups in total. The number of rotatable bonds is 7. The van der Waals surface area contributed by atoms with Gasteiger partial charge in [-0.05, 0) is 31.5 Å². The third-order valence-corrected chi connectivity index (χ3v) is 3.60. The first-order valence-corrected chi connectivity index (χ1v) is 8.00. The monoisotopic (exact) mass is 326 g/mol. The van der Waals surface area contributed by atoms with E-state index in [1.807, 2.05) is 31.2 Å². The van der Waals surface area contributed by atoms with E-state index in [9.17, 15) is 9.59 Å². The number of nitrogens with zero attached hydrogens (tertiary/aromatic N) is 2. The molecule has 0 saturated heterocycles. The molecule has 1 amide bonds. The molecule has 24 heavy (non-hydrogen) atoms. The first kappa shape index (κ1) is 17.7. The molecule has 0 aliphatic rings. The van der Waals surface area contributed by atoms with Gasteiger partial charge in [-0.1, -0.05) is 29.8 Å². The molecule has 2 rings (SSSR count). The molecular formula is C19H22N2O3. The molecule has 0 saturated carbocycles. The fourth-order valence-corrected chi connectivity index (χ4v) is 2.30. The summed E-state index contributed by atoms with van der Waals surface area (Å²) in [6.45, 7) is 4.89. The van der Waals surface area contributed by atoms with E-state index in [-0.39, 0.29) is 18.3 Å². The molecule has 126 valence electrons. The summed E-state index contributed by atoms with van der Waals surface area (Å²) in [5, 5.41) is 0. The SMILES string of the molecule is CCOC(=O)CCN(Cc1ccc(C)cc1)C(=O)c1ccncc1. The van der Waals surface area contributed by atoms with Crippen molar-refractivity contribution in [3.8, 4) is 0 Å². The fraction of sp³-hybridized carbons (Fsp3) is 0.316. The first-order chi connectivity index (χ1) is 11.6. The number of benzene rings is 1. The largest absolute Gasteiger partial charge is 0.466 e. The molecular weight excluding hydrogens is 304 g/mol. The Morgan fingerprint density at radius 1 is 1.08 bits per heavy atom. The summed E-state index contributed by atoms with van der Waals surface area (Å²) in [5.74, 6) is -0.420. The predicted molar refractivity (Wildman–Crippen MR) is 91.4 cm³/mol. The Kier molecular flexibility index (Phi) is 6.49. The van der Waals surface area contributed by atoms with Gasteiger partial charge in [0.1, 0.15) is 0 Å². The minimum Gasteiger partial charge on any atom is -0.466 e. The highest BCUT2D eigenvalue weighted by Crippen LogP contribution is 2.12. The van der Waals surface area contributed by atoms with E-state index in [2.05, 4.69) is 4.98 Å². The molecule has 1 aromatic heterocycles. The smallest absolute Gasteiger partial charge is 0.307 e. The molecule has 0 aliphatic heterocycles. The van der Waals surface area contributed by atoms with Gasteiger partial charge in [0.25, 0.3) is 5.91 Å². The maximum atomic E-state index is 12.7. The van der Waals surface area contributed by atoms with Crippen molar-refractivity contribution in [3.63, 3.8) is 0 Å². The fourth-order valence-electron chi connectivity index (χ4n) is 2.30. The summed E-state index contributed by atoms with van der Waals surface area (Å²) < 4.78 is 4.96. The average molecular weight is 326 g/mol. The van der Waals surface area contributed by atoms with Crippen molar-refractivity contribution in [2.75, 3.05) is 13.2 Å². The number of amides is 1. The number of aromatic nitrogens is 1. The number of ether oxygens (including phenoxy) is 1. The molecule has 5 heteroatoms. The van der Waals surface area contributed by atoms with Gasteiger partial charge in [-0.2, -0.15) is 0 Å². The zero-order valence-electron chi connectivity index (χ0n) is 14.1. The van der Waals surface area contributed by atoms with Crippen LogP contribution >= 0.6 is 0 Å². The first-order valence-electron chi connectivity index (χ1n) is 8.00. The summed E-state index contributed by atoms with van der Waals surface area (Å²) in [4.78, 5) is 30.0. The van der Waals surface area contributed by atoms with Crippen LogP contribution in [0.4, 0.5) is 0 Å². The molecule has 0 fully saturated rings. The van der Waals surface area contributed by atoms with Gasteiger partial charge in [-0.25, -0.2) is 0 Å². The lowest BCUT2D eigenvalue weighted by Crippen LogP contribution is -2.33. The second-order valence-electron chi connectivity index (χ2n) is 5.50. The predicted octanol–water partition coefficient (Wildman–Crippen LogP) is 2.99. The number of aryl methyl sites for hydroxylation is 1. The van der Waals surface area contributed by atoms with E-state index in [0.717, 1.165) is 11.1 Å². The summed E-state index contributed by atoms with van der Waals surface area (Å²) in [6.07, 6.45) is 3.35. The van der Waals surface area contributed by atoms with E-state index in [4.69, 9.17) is 4.74 Å². The molecule has 1 heterocycles. The molecule has 0 radical (unpaired) electrons. The quantitative estimate of drug-likeness (QED) is 0.734. The minimum absolute atomic E-state index is 0.123. The van der Waals surface area contributed by atoms with E-state index in [0.29, 0.717) is 25.3 Å². The zero-order chi connectivity index (χ0) is 17.4. The second-order valence-corrected chi connectivity index (χ2v) is 5.50. The molecule has 1 aromatic carbocycles. The van der Waals surface area contributed by atoms with Crippen LogP contribution in [0.1, 0.15) is 34.8 Å². The number of hydrogen-bond donors (Lipinski definition) is 0. The minimum atomic E-state index is -0.297. The number of carbonyl (C=O) groups is 2. The number of carbonyl (C=O) groups excluding carboxylic acids is 2. The standard InChI is InChI=1S/C19H22N2O3/c1-3-24-18(22)10-13-21(14-16-6-4-15(2)5-7-16)19(23)17-8-11-20-12-9-17/h4-9,11-12H,3,10,13-14H2,1-2H3. The Hall–Kier alpha value is -2.69. The van der Waals surface area contributed by atoms with E-state index in [1.54, 1.807) is 36.4 Å². The highest BCUT2D eigenvalue weighted by atomic mass is 16.5. The third-order valence-electron chi connectivity index (χ3n) is 3.60. The lowest BCUT2D eigenvalue weighted by molar-refractivity contribution is -0.143. The second kappa shape index (κ2) is 8.82. The maximum absolute atomic E-state index is 12.7. The molecule has 0 atom stereocenters. The molecule has 5 nitrogen and oxygen atoms in total. The molecule has 0 spiro atoms. The average Bonchev–Trinajstić information content (AvgIpc) is 2.60. The van der Waals surface area contributed by atoms with Gasteiger partial charge >= 0.3 is 5.97 Å². The third kappa shape index (κ3) is 5.19. The Balaban J connectivity index is 2.12. The topological polar surface area (TPSA) is 59.5 Å². The van der Waals surface area contributed by atoms with Crippen LogP contribution in [-0.2, 0) is 16.1 Å². The molecule has 0 bridgehead atoms. The van der Waals surface area contributed by atoms with Crippen LogP contribution in [-0.4, -0.2) is 34.9 Å². The normalized spacial score (nSPS) is 10.2. The van der Waals surface area contributed by atoms with Gasteiger partial charge in [-0.15, -0.1) is 0 Å². The van der Waals surface area contributed by atoms with Crippen LogP contribution in [0.2, 0.25) is 0 Å². The van der Waals surface area contributed by atoms with Gasteiger partial charge in [0.15, 0.2) is 0 Å². The zero-order valence-corrected chi connectivity index (χ0v) is 14.1. The van der Waals surface area contributed by atoms with Crippen LogP contribution in [0.5, 0.6) is 0 Å². The maximum Gasteiger partial charge on any atom is 0.307 e. The van der Waals surface area contributed by atoms with Gasteiger partial charge in [0.05, 0.1) is 13.0 Å². The van der Waals surface area contributed by atoms with Gasteiger partial charge in [0.2, 0.25) is 0 Å².